The molecular weight excluding hydrogens is 403 g/mol. The van der Waals surface area contributed by atoms with Crippen molar-refractivity contribution in [3.8, 4) is 0 Å². The van der Waals surface area contributed by atoms with Gasteiger partial charge in [0.25, 0.3) is 0 Å². The minimum absolute atomic E-state index is 0.131. The Balaban J connectivity index is 2.17. The summed E-state index contributed by atoms with van der Waals surface area (Å²) in [7, 11) is 0. The van der Waals surface area contributed by atoms with Crippen molar-refractivity contribution in [3.63, 3.8) is 0 Å². The molecule has 0 unspecified atom stereocenters. The number of amides is 2. The number of hydrogen-bond acceptors (Lipinski definition) is 3. The maximum absolute atomic E-state index is 12.9. The molecule has 0 aliphatic heterocycles. The number of carbonyl (C=O) groups excluding carboxylic acids is 2. The molecule has 27 heavy (non-hydrogen) atoms. The van der Waals surface area contributed by atoms with E-state index in [1.165, 1.54) is 11.8 Å². The summed E-state index contributed by atoms with van der Waals surface area (Å²) < 4.78 is 0. The highest BCUT2D eigenvalue weighted by atomic mass is 35.5. The molecule has 0 aromatic heterocycles. The molecule has 2 aromatic rings. The van der Waals surface area contributed by atoms with Crippen LogP contribution in [0.1, 0.15) is 19.4 Å². The monoisotopic (exact) mass is 424 g/mol. The number of benzene rings is 2. The van der Waals surface area contributed by atoms with Gasteiger partial charge < -0.3 is 10.2 Å². The summed E-state index contributed by atoms with van der Waals surface area (Å²) in [6, 6.07) is 14.2. The van der Waals surface area contributed by atoms with Crippen LogP contribution in [0.5, 0.6) is 0 Å². The number of thioether (sulfide) groups is 1. The van der Waals surface area contributed by atoms with Crippen molar-refractivity contribution in [2.24, 2.45) is 0 Å². The molecule has 4 nitrogen and oxygen atoms in total. The van der Waals surface area contributed by atoms with Crippen molar-refractivity contribution in [1.82, 2.24) is 10.2 Å². The van der Waals surface area contributed by atoms with Gasteiger partial charge in [0, 0.05) is 28.0 Å². The maximum Gasteiger partial charge on any atom is 0.242 e. The van der Waals surface area contributed by atoms with E-state index in [1.807, 2.05) is 37.3 Å². The van der Waals surface area contributed by atoms with Gasteiger partial charge in [0.05, 0.1) is 5.75 Å². The second-order valence-electron chi connectivity index (χ2n) is 5.93. The fourth-order valence-electron chi connectivity index (χ4n) is 2.48. The molecule has 0 aliphatic carbocycles. The number of nitrogens with one attached hydrogen (secondary N) is 1. The molecule has 0 spiro atoms. The van der Waals surface area contributed by atoms with Crippen LogP contribution < -0.4 is 5.32 Å². The predicted molar refractivity (Wildman–Crippen MR) is 112 cm³/mol. The molecule has 0 bridgehead atoms. The van der Waals surface area contributed by atoms with E-state index >= 15 is 0 Å². The third-order valence-electron chi connectivity index (χ3n) is 3.98. The van der Waals surface area contributed by atoms with Crippen molar-refractivity contribution in [3.05, 3.63) is 64.1 Å². The van der Waals surface area contributed by atoms with E-state index in [0.29, 0.717) is 16.6 Å². The smallest absolute Gasteiger partial charge is 0.242 e. The lowest BCUT2D eigenvalue weighted by Gasteiger charge is -2.29. The number of carbonyl (C=O) groups is 2. The first-order valence-electron chi connectivity index (χ1n) is 8.61. The third kappa shape index (κ3) is 6.45. The Morgan fingerprint density at radius 1 is 1.15 bits per heavy atom. The van der Waals surface area contributed by atoms with Crippen molar-refractivity contribution >= 4 is 46.8 Å². The van der Waals surface area contributed by atoms with Crippen LogP contribution in [0.2, 0.25) is 10.0 Å². The number of rotatable bonds is 8. The van der Waals surface area contributed by atoms with Gasteiger partial charge >= 0.3 is 0 Å². The van der Waals surface area contributed by atoms with Gasteiger partial charge in [0.1, 0.15) is 6.04 Å². The number of nitrogens with zero attached hydrogens (tertiary/aromatic N) is 1. The van der Waals surface area contributed by atoms with E-state index in [4.69, 9.17) is 23.2 Å². The molecule has 2 aromatic carbocycles. The molecule has 1 atom stereocenters. The van der Waals surface area contributed by atoms with Gasteiger partial charge in [-0.2, -0.15) is 0 Å². The number of halogens is 2. The van der Waals surface area contributed by atoms with E-state index < -0.39 is 6.04 Å². The van der Waals surface area contributed by atoms with E-state index in [9.17, 15) is 9.59 Å². The molecule has 144 valence electrons. The van der Waals surface area contributed by atoms with E-state index in [1.54, 1.807) is 30.0 Å². The highest BCUT2D eigenvalue weighted by Crippen LogP contribution is 2.24. The molecule has 2 amide bonds. The van der Waals surface area contributed by atoms with Gasteiger partial charge in [0.15, 0.2) is 0 Å². The van der Waals surface area contributed by atoms with E-state index in [2.05, 4.69) is 5.32 Å². The Morgan fingerprint density at radius 3 is 2.48 bits per heavy atom. The van der Waals surface area contributed by atoms with Gasteiger partial charge in [-0.25, -0.2) is 0 Å². The highest BCUT2D eigenvalue weighted by molar-refractivity contribution is 8.00. The van der Waals surface area contributed by atoms with Gasteiger partial charge in [-0.15, -0.1) is 11.8 Å². The zero-order valence-electron chi connectivity index (χ0n) is 15.2. The zero-order valence-corrected chi connectivity index (χ0v) is 17.6. The Labute approximate surface area is 174 Å². The molecule has 0 radical (unpaired) electrons. The largest absolute Gasteiger partial charge is 0.355 e. The van der Waals surface area contributed by atoms with Crippen LogP contribution in [0.25, 0.3) is 0 Å². The first-order valence-corrected chi connectivity index (χ1v) is 10.4. The summed E-state index contributed by atoms with van der Waals surface area (Å²) in [4.78, 5) is 27.8. The van der Waals surface area contributed by atoms with Crippen molar-refractivity contribution in [2.45, 2.75) is 31.3 Å². The lowest BCUT2D eigenvalue weighted by Crippen LogP contribution is -2.48. The van der Waals surface area contributed by atoms with Crippen LogP contribution >= 0.6 is 35.0 Å². The molecule has 2 rings (SSSR count). The predicted octanol–water partition coefficient (Wildman–Crippen LogP) is 4.64. The van der Waals surface area contributed by atoms with Crippen molar-refractivity contribution in [1.29, 1.82) is 0 Å². The summed E-state index contributed by atoms with van der Waals surface area (Å²) in [5.41, 5.74) is 0.746. The Kier molecular flexibility index (Phi) is 8.48. The lowest BCUT2D eigenvalue weighted by atomic mass is 10.1. The second kappa shape index (κ2) is 10.6. The fraction of sp³-hybridized carbons (Fsp3) is 0.300. The van der Waals surface area contributed by atoms with E-state index in [0.717, 1.165) is 10.5 Å². The van der Waals surface area contributed by atoms with Crippen LogP contribution in [0.15, 0.2) is 53.4 Å². The number of hydrogen-bond donors (Lipinski definition) is 1. The molecule has 1 N–H and O–H groups in total. The van der Waals surface area contributed by atoms with Crippen LogP contribution in [-0.4, -0.2) is 35.1 Å². The standard InChI is InChI=1S/C20H22Cl2N2O2S/c1-3-23-20(26)14(2)24(12-15-9-10-16(21)11-18(15)22)19(25)13-27-17-7-5-4-6-8-17/h4-11,14H,3,12-13H2,1-2H3,(H,23,26)/t14-/m1/s1. The first-order chi connectivity index (χ1) is 12.9. The van der Waals surface area contributed by atoms with Gasteiger partial charge in [-0.1, -0.05) is 47.5 Å². The van der Waals surface area contributed by atoms with Crippen molar-refractivity contribution < 1.29 is 9.59 Å². The average Bonchev–Trinajstić information content (AvgIpc) is 2.66. The fourth-order valence-corrected chi connectivity index (χ4v) is 3.76. The Morgan fingerprint density at radius 2 is 1.85 bits per heavy atom. The molecule has 7 heteroatoms. The second-order valence-corrected chi connectivity index (χ2v) is 7.82. The summed E-state index contributed by atoms with van der Waals surface area (Å²) in [6.45, 7) is 4.31. The minimum atomic E-state index is -0.611. The topological polar surface area (TPSA) is 49.4 Å². The van der Waals surface area contributed by atoms with Crippen LogP contribution in [0.3, 0.4) is 0 Å². The Bertz CT molecular complexity index is 787. The summed E-state index contributed by atoms with van der Waals surface area (Å²) >= 11 is 13.7. The van der Waals surface area contributed by atoms with Crippen LogP contribution in [-0.2, 0) is 16.1 Å². The molecule has 0 heterocycles. The molecule has 0 saturated heterocycles. The summed E-state index contributed by atoms with van der Waals surface area (Å²) in [5, 5.41) is 3.77. The Hall–Kier alpha value is -1.69. The summed E-state index contributed by atoms with van der Waals surface area (Å²) in [5.74, 6) is -0.0897. The normalized spacial score (nSPS) is 11.7. The maximum atomic E-state index is 12.9. The zero-order chi connectivity index (χ0) is 19.8. The van der Waals surface area contributed by atoms with Gasteiger partial charge in [0.2, 0.25) is 11.8 Å². The molecule has 0 saturated carbocycles. The van der Waals surface area contributed by atoms with Gasteiger partial charge in [-0.05, 0) is 43.7 Å². The molecule has 0 aliphatic rings. The first kappa shape index (κ1) is 21.6. The molecular formula is C20H22Cl2N2O2S. The average molecular weight is 425 g/mol. The van der Waals surface area contributed by atoms with Crippen LogP contribution in [0.4, 0.5) is 0 Å². The summed E-state index contributed by atoms with van der Waals surface area (Å²) in [6.07, 6.45) is 0. The number of likely N-dealkylation sites (N-methyl/N-ethyl adjacent to an activating group) is 1. The highest BCUT2D eigenvalue weighted by Gasteiger charge is 2.26. The lowest BCUT2D eigenvalue weighted by molar-refractivity contribution is -0.138. The van der Waals surface area contributed by atoms with Gasteiger partial charge in [-0.3, -0.25) is 9.59 Å². The minimum Gasteiger partial charge on any atom is -0.355 e. The van der Waals surface area contributed by atoms with Crippen LogP contribution in [0, 0.1) is 0 Å². The van der Waals surface area contributed by atoms with E-state index in [-0.39, 0.29) is 24.1 Å². The quantitative estimate of drug-likeness (QED) is 0.627. The molecule has 0 fully saturated rings. The third-order valence-corrected chi connectivity index (χ3v) is 5.56. The van der Waals surface area contributed by atoms with Crippen molar-refractivity contribution in [2.75, 3.05) is 12.3 Å². The SMILES string of the molecule is CCNC(=O)[C@@H](C)N(Cc1ccc(Cl)cc1Cl)C(=O)CSc1ccccc1.